The number of fused-ring (bicyclic) bond motifs is 1. The molecule has 2 aromatic rings. The number of hydrogen-bond donors (Lipinski definition) is 2. The van der Waals surface area contributed by atoms with E-state index < -0.39 is 5.97 Å². The van der Waals surface area contributed by atoms with Gasteiger partial charge in [0.15, 0.2) is 0 Å². The molecule has 7 heteroatoms. The number of carbonyl (C=O) groups excluding carboxylic acids is 2. The summed E-state index contributed by atoms with van der Waals surface area (Å²) in [6.45, 7) is 4.33. The zero-order chi connectivity index (χ0) is 23.4. The fourth-order valence-electron chi connectivity index (χ4n) is 5.20. The summed E-state index contributed by atoms with van der Waals surface area (Å²) < 4.78 is 0. The van der Waals surface area contributed by atoms with Gasteiger partial charge in [-0.3, -0.25) is 19.3 Å². The van der Waals surface area contributed by atoms with Crippen molar-refractivity contribution in [1.29, 1.82) is 0 Å². The molecule has 2 N–H and O–H groups in total. The quantitative estimate of drug-likeness (QED) is 0.705. The fourth-order valence-corrected chi connectivity index (χ4v) is 5.20. The van der Waals surface area contributed by atoms with Crippen LogP contribution in [0, 0.1) is 0 Å². The Hall–Kier alpha value is -3.19. The minimum absolute atomic E-state index is 0.0260. The molecule has 1 spiro atoms. The van der Waals surface area contributed by atoms with E-state index in [4.69, 9.17) is 5.11 Å². The topological polar surface area (TPSA) is 90.0 Å². The molecule has 1 atom stereocenters. The van der Waals surface area contributed by atoms with Gasteiger partial charge < -0.3 is 15.3 Å². The van der Waals surface area contributed by atoms with Crippen molar-refractivity contribution in [3.63, 3.8) is 0 Å². The summed E-state index contributed by atoms with van der Waals surface area (Å²) in [6, 6.07) is 16.2. The first-order chi connectivity index (χ1) is 15.8. The van der Waals surface area contributed by atoms with Crippen LogP contribution in [0.3, 0.4) is 0 Å². The zero-order valence-corrected chi connectivity index (χ0v) is 19.0. The Morgan fingerprint density at radius 1 is 1.03 bits per heavy atom. The molecule has 1 unspecified atom stereocenters. The van der Waals surface area contributed by atoms with Gasteiger partial charge in [0, 0.05) is 44.2 Å². The van der Waals surface area contributed by atoms with Gasteiger partial charge in [-0.2, -0.15) is 0 Å². The normalized spacial score (nSPS) is 20.3. The van der Waals surface area contributed by atoms with E-state index in [1.165, 1.54) is 12.5 Å². The molecular weight excluding hydrogens is 418 g/mol. The average Bonchev–Trinajstić information content (AvgIpc) is 3.05. The van der Waals surface area contributed by atoms with E-state index in [9.17, 15) is 14.4 Å². The number of hydrogen-bond acceptors (Lipinski definition) is 4. The van der Waals surface area contributed by atoms with Crippen LogP contribution in [0.4, 0.5) is 5.69 Å². The molecule has 0 radical (unpaired) electrons. The van der Waals surface area contributed by atoms with E-state index in [1.807, 2.05) is 35.2 Å². The maximum atomic E-state index is 13.0. The lowest BCUT2D eigenvalue weighted by Crippen LogP contribution is -2.53. The molecule has 7 nitrogen and oxygen atoms in total. The second kappa shape index (κ2) is 9.75. The van der Waals surface area contributed by atoms with Crippen molar-refractivity contribution >= 4 is 23.5 Å². The summed E-state index contributed by atoms with van der Waals surface area (Å²) in [5.74, 6) is -1.13. The third-order valence-corrected chi connectivity index (χ3v) is 6.78. The van der Waals surface area contributed by atoms with Crippen molar-refractivity contribution in [1.82, 2.24) is 9.80 Å². The minimum Gasteiger partial charge on any atom is -0.481 e. The van der Waals surface area contributed by atoms with Crippen molar-refractivity contribution in [3.05, 3.63) is 65.2 Å². The third-order valence-electron chi connectivity index (χ3n) is 6.78. The molecule has 0 aliphatic carbocycles. The van der Waals surface area contributed by atoms with Crippen LogP contribution in [0.25, 0.3) is 0 Å². The highest BCUT2D eigenvalue weighted by molar-refractivity contribution is 5.88. The van der Waals surface area contributed by atoms with Gasteiger partial charge in [-0.15, -0.1) is 0 Å². The first-order valence-corrected chi connectivity index (χ1v) is 11.5. The first-order valence-electron chi connectivity index (χ1n) is 11.5. The summed E-state index contributed by atoms with van der Waals surface area (Å²) in [7, 11) is 0. The van der Waals surface area contributed by atoms with E-state index >= 15 is 0 Å². The van der Waals surface area contributed by atoms with Crippen molar-refractivity contribution in [2.75, 3.05) is 18.4 Å². The van der Waals surface area contributed by atoms with Crippen LogP contribution >= 0.6 is 0 Å². The first kappa shape index (κ1) is 23.0. The molecule has 1 fully saturated rings. The lowest BCUT2D eigenvalue weighted by atomic mass is 9.87. The highest BCUT2D eigenvalue weighted by Gasteiger charge is 2.44. The van der Waals surface area contributed by atoms with Crippen molar-refractivity contribution in [3.8, 4) is 0 Å². The Morgan fingerprint density at radius 3 is 2.45 bits per heavy atom. The van der Waals surface area contributed by atoms with E-state index in [-0.39, 0.29) is 30.2 Å². The lowest BCUT2D eigenvalue weighted by Gasteiger charge is -2.41. The van der Waals surface area contributed by atoms with Crippen molar-refractivity contribution in [2.24, 2.45) is 0 Å². The second-order valence-corrected chi connectivity index (χ2v) is 9.22. The van der Waals surface area contributed by atoms with Crippen LogP contribution in [0.2, 0.25) is 0 Å². The van der Waals surface area contributed by atoms with Crippen LogP contribution in [-0.4, -0.2) is 51.3 Å². The van der Waals surface area contributed by atoms with Crippen molar-refractivity contribution in [2.45, 2.75) is 57.7 Å². The summed E-state index contributed by atoms with van der Waals surface area (Å²) >= 11 is 0. The third kappa shape index (κ3) is 5.42. The predicted molar refractivity (Wildman–Crippen MR) is 126 cm³/mol. The number of amides is 2. The minimum atomic E-state index is -0.946. The molecule has 0 bridgehead atoms. The van der Waals surface area contributed by atoms with Gasteiger partial charge >= 0.3 is 5.97 Å². The largest absolute Gasteiger partial charge is 0.481 e. The average molecular weight is 450 g/mol. The summed E-state index contributed by atoms with van der Waals surface area (Å²) in [5.41, 5.74) is 4.16. The fraction of sp³-hybridized carbons (Fsp3) is 0.423. The number of likely N-dealkylation sites (tertiary alicyclic amines) is 1. The number of nitrogens with zero attached hydrogens (tertiary/aromatic N) is 2. The standard InChI is InChI=1S/C26H31N3O4/c1-19(30)27-23-9-7-20(8-10-23)16-29-14-4-13-26(29)15-21-5-2-3-6-22(21)17-28(18-26)24(31)11-12-25(32)33/h2-3,5-10H,4,11-18H2,1H3,(H,27,30)(H,32,33). The Kier molecular flexibility index (Phi) is 6.79. The zero-order valence-electron chi connectivity index (χ0n) is 19.0. The number of aliphatic carboxylic acids is 1. The van der Waals surface area contributed by atoms with Crippen LogP contribution in [0.5, 0.6) is 0 Å². The van der Waals surface area contributed by atoms with E-state index in [0.29, 0.717) is 13.1 Å². The Bertz CT molecular complexity index is 1040. The molecule has 0 aromatic heterocycles. The molecular formula is C26H31N3O4. The molecule has 2 aromatic carbocycles. The van der Waals surface area contributed by atoms with Gasteiger partial charge in [0.05, 0.1) is 6.42 Å². The van der Waals surface area contributed by atoms with Crippen LogP contribution in [-0.2, 0) is 33.9 Å². The SMILES string of the molecule is CC(=O)Nc1ccc(CN2CCCC23Cc2ccccc2CN(C(=O)CCC(=O)O)C3)cc1. The Morgan fingerprint density at radius 2 is 1.76 bits per heavy atom. The molecule has 2 aliphatic heterocycles. The number of carboxylic acids is 1. The van der Waals surface area contributed by atoms with Crippen LogP contribution in [0.1, 0.15) is 49.3 Å². The molecule has 0 saturated carbocycles. The van der Waals surface area contributed by atoms with E-state index in [1.54, 1.807) is 0 Å². The molecule has 1 saturated heterocycles. The molecule has 2 aliphatic rings. The number of benzene rings is 2. The maximum Gasteiger partial charge on any atom is 0.303 e. The van der Waals surface area contributed by atoms with Gasteiger partial charge in [-0.1, -0.05) is 36.4 Å². The summed E-state index contributed by atoms with van der Waals surface area (Å²) in [6.07, 6.45) is 2.81. The molecule has 4 rings (SSSR count). The number of carboxylic acid groups (broad SMARTS) is 1. The highest BCUT2D eigenvalue weighted by atomic mass is 16.4. The molecule has 2 amide bonds. The lowest BCUT2D eigenvalue weighted by molar-refractivity contribution is -0.141. The maximum absolute atomic E-state index is 13.0. The van der Waals surface area contributed by atoms with Gasteiger partial charge in [0.25, 0.3) is 0 Å². The van der Waals surface area contributed by atoms with Gasteiger partial charge in [-0.25, -0.2) is 0 Å². The van der Waals surface area contributed by atoms with E-state index in [2.05, 4.69) is 28.4 Å². The number of carbonyl (C=O) groups is 3. The Balaban J connectivity index is 1.58. The predicted octanol–water partition coefficient (Wildman–Crippen LogP) is 3.43. The highest BCUT2D eigenvalue weighted by Crippen LogP contribution is 2.38. The smallest absolute Gasteiger partial charge is 0.303 e. The second-order valence-electron chi connectivity index (χ2n) is 9.22. The van der Waals surface area contributed by atoms with Crippen LogP contribution < -0.4 is 5.32 Å². The summed E-state index contributed by atoms with van der Waals surface area (Å²) in [5, 5.41) is 11.9. The molecule has 174 valence electrons. The van der Waals surface area contributed by atoms with Crippen LogP contribution in [0.15, 0.2) is 48.5 Å². The van der Waals surface area contributed by atoms with Gasteiger partial charge in [-0.05, 0) is 54.6 Å². The van der Waals surface area contributed by atoms with Gasteiger partial charge in [0.2, 0.25) is 11.8 Å². The molecule has 33 heavy (non-hydrogen) atoms. The van der Waals surface area contributed by atoms with Gasteiger partial charge in [0.1, 0.15) is 0 Å². The number of anilines is 1. The van der Waals surface area contributed by atoms with Crippen molar-refractivity contribution < 1.29 is 19.5 Å². The monoisotopic (exact) mass is 449 g/mol. The molecule has 2 heterocycles. The number of nitrogens with one attached hydrogen (secondary N) is 1. The van der Waals surface area contributed by atoms with E-state index in [0.717, 1.165) is 49.2 Å². The number of rotatable bonds is 6. The summed E-state index contributed by atoms with van der Waals surface area (Å²) in [4.78, 5) is 39.7. The Labute approximate surface area is 194 Å².